The molecule has 2 heterocycles. The highest BCUT2D eigenvalue weighted by molar-refractivity contribution is 5.87. The van der Waals surface area contributed by atoms with E-state index in [0.717, 1.165) is 4.40 Å². The minimum absolute atomic E-state index is 0.0111. The van der Waals surface area contributed by atoms with E-state index < -0.39 is 11.5 Å². The average molecular weight is 205 g/mol. The highest BCUT2D eigenvalue weighted by Crippen LogP contribution is 2.03. The molecule has 0 aliphatic heterocycles. The average Bonchev–Trinajstić information content (AvgIpc) is 2.23. The maximum absolute atomic E-state index is 11.5. The molecule has 0 aromatic carbocycles. The molecule has 0 unspecified atom stereocenters. The number of carbonyl (C=O) groups is 1. The van der Waals surface area contributed by atoms with Gasteiger partial charge in [-0.2, -0.15) is 0 Å². The first-order valence-electron chi connectivity index (χ1n) is 4.10. The van der Waals surface area contributed by atoms with Gasteiger partial charge in [0.2, 0.25) is 0 Å². The van der Waals surface area contributed by atoms with Crippen molar-refractivity contribution >= 4 is 17.3 Å². The molecule has 2 aromatic rings. The molecule has 15 heavy (non-hydrogen) atoms. The van der Waals surface area contributed by atoms with Crippen LogP contribution in [0.4, 0.5) is 5.69 Å². The van der Waals surface area contributed by atoms with E-state index in [1.54, 1.807) is 0 Å². The highest BCUT2D eigenvalue weighted by atomic mass is 16.4. The summed E-state index contributed by atoms with van der Waals surface area (Å²) in [5.41, 5.74) is 5.25. The molecule has 3 N–H and O–H groups in total. The lowest BCUT2D eigenvalue weighted by Crippen LogP contribution is -2.19. The van der Waals surface area contributed by atoms with E-state index in [-0.39, 0.29) is 11.3 Å². The lowest BCUT2D eigenvalue weighted by Gasteiger charge is -2.01. The third kappa shape index (κ3) is 1.41. The summed E-state index contributed by atoms with van der Waals surface area (Å²) in [5, 5.41) is 8.74. The van der Waals surface area contributed by atoms with Gasteiger partial charge in [0.05, 0.1) is 11.8 Å². The lowest BCUT2D eigenvalue weighted by molar-refractivity contribution is 0.0696. The number of hydrogen-bond acceptors (Lipinski definition) is 4. The number of nitrogens with zero attached hydrogens (tertiary/aromatic N) is 2. The standard InChI is InChI=1S/C9H7N3O3/c10-6-3-11-7-2-1-5(9(14)15)4-12(7)8(6)13/h1-4H,10H2,(H,14,15). The zero-order chi connectivity index (χ0) is 11.0. The van der Waals surface area contributed by atoms with E-state index in [2.05, 4.69) is 4.98 Å². The second-order valence-corrected chi connectivity index (χ2v) is 2.97. The largest absolute Gasteiger partial charge is 0.478 e. The molecular formula is C9H7N3O3. The van der Waals surface area contributed by atoms with Crippen molar-refractivity contribution in [3.05, 3.63) is 40.4 Å². The summed E-state index contributed by atoms with van der Waals surface area (Å²) < 4.78 is 1.11. The lowest BCUT2D eigenvalue weighted by atomic mass is 10.3. The Balaban J connectivity index is 2.85. The van der Waals surface area contributed by atoms with Crippen LogP contribution < -0.4 is 11.3 Å². The molecule has 6 heteroatoms. The van der Waals surface area contributed by atoms with Gasteiger partial charge in [-0.15, -0.1) is 0 Å². The quantitative estimate of drug-likeness (QED) is 0.681. The van der Waals surface area contributed by atoms with Crippen LogP contribution in [0.3, 0.4) is 0 Å². The first kappa shape index (κ1) is 9.20. The number of pyridine rings is 1. The van der Waals surface area contributed by atoms with Crippen LogP contribution in [0.2, 0.25) is 0 Å². The molecule has 2 aromatic heterocycles. The second kappa shape index (κ2) is 3.09. The molecule has 0 radical (unpaired) electrons. The van der Waals surface area contributed by atoms with Gasteiger partial charge in [-0.25, -0.2) is 9.78 Å². The second-order valence-electron chi connectivity index (χ2n) is 2.97. The number of carboxylic acids is 1. The maximum Gasteiger partial charge on any atom is 0.337 e. The summed E-state index contributed by atoms with van der Waals surface area (Å²) in [6.07, 6.45) is 2.45. The number of rotatable bonds is 1. The minimum Gasteiger partial charge on any atom is -0.478 e. The van der Waals surface area contributed by atoms with Crippen LogP contribution in [0.1, 0.15) is 10.4 Å². The molecule has 0 spiro atoms. The van der Waals surface area contributed by atoms with E-state index in [1.807, 2.05) is 0 Å². The fourth-order valence-corrected chi connectivity index (χ4v) is 1.22. The third-order valence-electron chi connectivity index (χ3n) is 1.98. The van der Waals surface area contributed by atoms with E-state index in [9.17, 15) is 9.59 Å². The highest BCUT2D eigenvalue weighted by Gasteiger charge is 2.06. The summed E-state index contributed by atoms with van der Waals surface area (Å²) in [7, 11) is 0. The van der Waals surface area contributed by atoms with Gasteiger partial charge in [-0.05, 0) is 12.1 Å². The molecule has 0 aliphatic carbocycles. The molecule has 6 nitrogen and oxygen atoms in total. The van der Waals surface area contributed by atoms with Crippen molar-refractivity contribution in [2.45, 2.75) is 0 Å². The fraction of sp³-hybridized carbons (Fsp3) is 0. The van der Waals surface area contributed by atoms with Gasteiger partial charge in [0, 0.05) is 6.20 Å². The van der Waals surface area contributed by atoms with Gasteiger partial charge in [0.1, 0.15) is 11.3 Å². The molecule has 0 saturated carbocycles. The molecule has 76 valence electrons. The molecule has 0 fully saturated rings. The fourth-order valence-electron chi connectivity index (χ4n) is 1.22. The number of aromatic carboxylic acids is 1. The summed E-state index contributed by atoms with van der Waals surface area (Å²) >= 11 is 0. The van der Waals surface area contributed by atoms with Crippen LogP contribution in [0, 0.1) is 0 Å². The zero-order valence-corrected chi connectivity index (χ0v) is 7.54. The normalized spacial score (nSPS) is 10.4. The Hall–Kier alpha value is -2.37. The van der Waals surface area contributed by atoms with Gasteiger partial charge >= 0.3 is 5.97 Å². The van der Waals surface area contributed by atoms with Crippen LogP contribution in [0.15, 0.2) is 29.3 Å². The Bertz CT molecular complexity index is 603. The Labute approximate surface area is 83.6 Å². The number of aromatic nitrogens is 2. The number of hydrogen-bond donors (Lipinski definition) is 2. The summed E-state index contributed by atoms with van der Waals surface area (Å²) in [4.78, 5) is 26.1. The predicted octanol–water partition coefficient (Wildman–Crippen LogP) is -0.0251. The zero-order valence-electron chi connectivity index (χ0n) is 7.54. The number of carboxylic acid groups (broad SMARTS) is 1. The summed E-state index contributed by atoms with van der Waals surface area (Å²) in [6, 6.07) is 2.82. The maximum atomic E-state index is 11.5. The summed E-state index contributed by atoms with van der Waals surface area (Å²) in [6.45, 7) is 0. The number of anilines is 1. The Morgan fingerprint density at radius 3 is 2.87 bits per heavy atom. The van der Waals surface area contributed by atoms with Crippen LogP contribution in [-0.2, 0) is 0 Å². The molecule has 0 bridgehead atoms. The molecule has 2 rings (SSSR count). The smallest absolute Gasteiger partial charge is 0.337 e. The minimum atomic E-state index is -1.11. The van der Waals surface area contributed by atoms with Crippen molar-refractivity contribution in [1.82, 2.24) is 9.38 Å². The van der Waals surface area contributed by atoms with Crippen molar-refractivity contribution in [3.63, 3.8) is 0 Å². The Morgan fingerprint density at radius 1 is 1.47 bits per heavy atom. The van der Waals surface area contributed by atoms with Crippen molar-refractivity contribution in [2.75, 3.05) is 5.73 Å². The van der Waals surface area contributed by atoms with E-state index in [4.69, 9.17) is 10.8 Å². The Kier molecular flexibility index (Phi) is 1.89. The first-order chi connectivity index (χ1) is 7.09. The Morgan fingerprint density at radius 2 is 2.20 bits per heavy atom. The number of nitrogen functional groups attached to an aromatic ring is 1. The molecule has 0 amide bonds. The van der Waals surface area contributed by atoms with E-state index in [1.165, 1.54) is 24.5 Å². The van der Waals surface area contributed by atoms with Crippen molar-refractivity contribution in [2.24, 2.45) is 0 Å². The molecule has 0 saturated heterocycles. The van der Waals surface area contributed by atoms with Crippen LogP contribution in [0.5, 0.6) is 0 Å². The first-order valence-corrected chi connectivity index (χ1v) is 4.10. The van der Waals surface area contributed by atoms with Crippen molar-refractivity contribution in [3.8, 4) is 0 Å². The van der Waals surface area contributed by atoms with Gasteiger partial charge < -0.3 is 10.8 Å². The van der Waals surface area contributed by atoms with Gasteiger partial charge in [-0.3, -0.25) is 9.20 Å². The van der Waals surface area contributed by atoms with Crippen LogP contribution in [0.25, 0.3) is 5.65 Å². The topological polar surface area (TPSA) is 97.7 Å². The van der Waals surface area contributed by atoms with Crippen LogP contribution in [-0.4, -0.2) is 20.5 Å². The molecule has 0 aliphatic rings. The van der Waals surface area contributed by atoms with Gasteiger partial charge in [-0.1, -0.05) is 0 Å². The SMILES string of the molecule is Nc1cnc2ccc(C(=O)O)cn2c1=O. The predicted molar refractivity (Wildman–Crippen MR) is 52.8 cm³/mol. The third-order valence-corrected chi connectivity index (χ3v) is 1.98. The van der Waals surface area contributed by atoms with Crippen molar-refractivity contribution < 1.29 is 9.90 Å². The monoisotopic (exact) mass is 205 g/mol. The molecular weight excluding hydrogens is 198 g/mol. The van der Waals surface area contributed by atoms with Crippen LogP contribution >= 0.6 is 0 Å². The summed E-state index contributed by atoms with van der Waals surface area (Å²) in [5.74, 6) is -1.11. The van der Waals surface area contributed by atoms with Crippen molar-refractivity contribution in [1.29, 1.82) is 0 Å². The van der Waals surface area contributed by atoms with Gasteiger partial charge in [0.25, 0.3) is 5.56 Å². The molecule has 0 atom stereocenters. The number of nitrogens with two attached hydrogens (primary N) is 1. The number of fused-ring (bicyclic) bond motifs is 1. The van der Waals surface area contributed by atoms with E-state index in [0.29, 0.717) is 5.65 Å². The van der Waals surface area contributed by atoms with Gasteiger partial charge in [0.15, 0.2) is 0 Å². The van der Waals surface area contributed by atoms with E-state index >= 15 is 0 Å².